The summed E-state index contributed by atoms with van der Waals surface area (Å²) in [6, 6.07) is 15.4. The largest absolute Gasteiger partial charge is 0.465 e. The number of benzene rings is 2. The van der Waals surface area contributed by atoms with Crippen molar-refractivity contribution in [2.24, 2.45) is 4.99 Å². The Bertz CT molecular complexity index is 1140. The molecule has 2 aliphatic rings. The molecule has 1 N–H and O–H groups in total. The number of amides is 1. The van der Waals surface area contributed by atoms with E-state index in [1.807, 2.05) is 49.4 Å². The van der Waals surface area contributed by atoms with Gasteiger partial charge in [0.2, 0.25) is 0 Å². The summed E-state index contributed by atoms with van der Waals surface area (Å²) in [5.41, 5.74) is 6.12. The standard InChI is InChI=1S/C26H27N3O3/c1-4-5-10-23-22(24(30)28-26-27-16-17(2)29(23)26)15-18-11-13-19(14-12-18)20-8-6-7-9-21(20)25(31)32-3/h6-9,11-14,16H,4-5,10,15H2,1-3H3,(H,27,28,30)/q+1. The molecule has 0 saturated carbocycles. The summed E-state index contributed by atoms with van der Waals surface area (Å²) in [5, 5.41) is 2.92. The van der Waals surface area contributed by atoms with Crippen LogP contribution in [0.3, 0.4) is 0 Å². The molecular formula is C26H27N3O3+. The Morgan fingerprint density at radius 2 is 1.88 bits per heavy atom. The van der Waals surface area contributed by atoms with Crippen molar-refractivity contribution in [2.45, 2.75) is 39.5 Å². The highest BCUT2D eigenvalue weighted by Gasteiger charge is 2.44. The number of hydrogen-bond acceptors (Lipinski definition) is 5. The lowest BCUT2D eigenvalue weighted by molar-refractivity contribution is -0.116. The van der Waals surface area contributed by atoms with E-state index in [1.165, 1.54) is 7.11 Å². The van der Waals surface area contributed by atoms with Gasteiger partial charge in [-0.2, -0.15) is 4.99 Å². The number of aliphatic imine (C=N–C) groups is 1. The number of carbonyl (C=O) groups is 2. The minimum atomic E-state index is -0.360. The summed E-state index contributed by atoms with van der Waals surface area (Å²) < 4.78 is 4.91. The van der Waals surface area contributed by atoms with E-state index in [2.05, 4.69) is 22.1 Å². The van der Waals surface area contributed by atoms with Gasteiger partial charge in [0.25, 0.3) is 5.91 Å². The first kappa shape index (κ1) is 21.7. The van der Waals surface area contributed by atoms with Crippen molar-refractivity contribution >= 4 is 17.8 Å². The number of hydrogen-bond donors (Lipinski definition) is 1. The SMILES string of the molecule is CCCCC1=C(Cc2ccc(-c3ccccc3C(=O)OC)cc2)C(=O)NC2=NC=C(C)[N+]21. The first-order valence-electron chi connectivity index (χ1n) is 10.9. The molecule has 0 bridgehead atoms. The average Bonchev–Trinajstić information content (AvgIpc) is 3.18. The molecule has 6 nitrogen and oxygen atoms in total. The number of allylic oxidation sites excluding steroid dienone is 2. The van der Waals surface area contributed by atoms with Crippen molar-refractivity contribution in [2.75, 3.05) is 7.11 Å². The highest BCUT2D eigenvalue weighted by atomic mass is 16.5. The highest BCUT2D eigenvalue weighted by Crippen LogP contribution is 2.29. The van der Waals surface area contributed by atoms with Crippen LogP contribution in [0.2, 0.25) is 0 Å². The van der Waals surface area contributed by atoms with Crippen LogP contribution in [0.15, 0.2) is 76.7 Å². The highest BCUT2D eigenvalue weighted by molar-refractivity contribution is 6.11. The average molecular weight is 430 g/mol. The molecule has 4 rings (SSSR count). The molecular weight excluding hydrogens is 402 g/mol. The summed E-state index contributed by atoms with van der Waals surface area (Å²) in [7, 11) is 1.38. The first-order valence-corrected chi connectivity index (χ1v) is 10.9. The quantitative estimate of drug-likeness (QED) is 0.515. The number of rotatable bonds is 7. The van der Waals surface area contributed by atoms with Gasteiger partial charge in [0.1, 0.15) is 0 Å². The number of nitrogens with one attached hydrogen (secondary N) is 1. The van der Waals surface area contributed by atoms with E-state index in [9.17, 15) is 9.59 Å². The van der Waals surface area contributed by atoms with Gasteiger partial charge in [-0.25, -0.2) is 4.79 Å². The van der Waals surface area contributed by atoms with E-state index in [0.29, 0.717) is 17.9 Å². The van der Waals surface area contributed by atoms with Gasteiger partial charge in [-0.05, 0) is 34.1 Å². The second kappa shape index (κ2) is 9.32. The van der Waals surface area contributed by atoms with Crippen LogP contribution in [0.5, 0.6) is 0 Å². The Morgan fingerprint density at radius 3 is 2.59 bits per heavy atom. The van der Waals surface area contributed by atoms with Crippen LogP contribution in [0.1, 0.15) is 49.0 Å². The van der Waals surface area contributed by atoms with Crippen LogP contribution >= 0.6 is 0 Å². The molecule has 32 heavy (non-hydrogen) atoms. The monoisotopic (exact) mass is 429 g/mol. The summed E-state index contributed by atoms with van der Waals surface area (Å²) in [5.74, 6) is 0.146. The van der Waals surface area contributed by atoms with E-state index in [4.69, 9.17) is 4.74 Å². The van der Waals surface area contributed by atoms with Gasteiger partial charge in [-0.15, -0.1) is 0 Å². The molecule has 0 spiro atoms. The van der Waals surface area contributed by atoms with Crippen LogP contribution in [0, 0.1) is 0 Å². The smallest absolute Gasteiger partial charge is 0.370 e. The van der Waals surface area contributed by atoms with Crippen LogP contribution in [0.25, 0.3) is 11.1 Å². The van der Waals surface area contributed by atoms with Gasteiger partial charge in [0.05, 0.1) is 24.4 Å². The molecule has 0 saturated heterocycles. The maximum absolute atomic E-state index is 12.9. The lowest BCUT2D eigenvalue weighted by Crippen LogP contribution is -2.50. The molecule has 1 radical (unpaired) electrons. The molecule has 1 amide bonds. The van der Waals surface area contributed by atoms with Crippen molar-refractivity contribution in [3.63, 3.8) is 0 Å². The maximum atomic E-state index is 12.9. The number of ether oxygens (including phenoxy) is 1. The van der Waals surface area contributed by atoms with Crippen LogP contribution in [0.4, 0.5) is 0 Å². The van der Waals surface area contributed by atoms with Gasteiger partial charge in [0, 0.05) is 19.8 Å². The van der Waals surface area contributed by atoms with Gasteiger partial charge in [-0.1, -0.05) is 55.8 Å². The molecule has 2 aromatic carbocycles. The number of fused-ring (bicyclic) bond motifs is 1. The second-order valence-corrected chi connectivity index (χ2v) is 7.95. The van der Waals surface area contributed by atoms with Crippen molar-refractivity contribution in [3.8, 4) is 11.1 Å². The number of nitrogens with zero attached hydrogens (tertiary/aromatic N) is 2. The summed E-state index contributed by atoms with van der Waals surface area (Å²) in [4.78, 5) is 31.4. The zero-order chi connectivity index (χ0) is 22.7. The Morgan fingerprint density at radius 1 is 1.12 bits per heavy atom. The zero-order valence-electron chi connectivity index (χ0n) is 18.6. The van der Waals surface area contributed by atoms with Crippen LogP contribution in [-0.4, -0.2) is 24.9 Å². The first-order chi connectivity index (χ1) is 15.5. The molecule has 0 atom stereocenters. The van der Waals surface area contributed by atoms with Gasteiger partial charge in [-0.3, -0.25) is 10.1 Å². The summed E-state index contributed by atoms with van der Waals surface area (Å²) in [6.45, 7) is 4.15. The topological polar surface area (TPSA) is 73.7 Å². The molecule has 0 fully saturated rings. The third-order valence-electron chi connectivity index (χ3n) is 5.80. The van der Waals surface area contributed by atoms with E-state index >= 15 is 0 Å². The lowest BCUT2D eigenvalue weighted by atomic mass is 9.94. The Hall–Kier alpha value is -3.51. The molecule has 2 aromatic rings. The Balaban J connectivity index is 1.65. The number of guanidine groups is 1. The Kier molecular flexibility index (Phi) is 6.32. The third kappa shape index (κ3) is 4.14. The lowest BCUT2D eigenvalue weighted by Gasteiger charge is -2.21. The molecule has 0 unspecified atom stereocenters. The van der Waals surface area contributed by atoms with Crippen LogP contribution in [-0.2, 0) is 16.0 Å². The van der Waals surface area contributed by atoms with Gasteiger partial charge in [0.15, 0.2) is 11.4 Å². The molecule has 0 aliphatic carbocycles. The van der Waals surface area contributed by atoms with Crippen molar-refractivity contribution < 1.29 is 14.3 Å². The van der Waals surface area contributed by atoms with Crippen LogP contribution < -0.4 is 10.2 Å². The summed E-state index contributed by atoms with van der Waals surface area (Å²) >= 11 is 0. The predicted molar refractivity (Wildman–Crippen MR) is 125 cm³/mol. The molecule has 0 aromatic heterocycles. The number of esters is 1. The zero-order valence-corrected chi connectivity index (χ0v) is 18.6. The number of carbonyl (C=O) groups excluding carboxylic acids is 2. The molecule has 2 aliphatic heterocycles. The fourth-order valence-electron chi connectivity index (χ4n) is 4.13. The van der Waals surface area contributed by atoms with E-state index < -0.39 is 0 Å². The third-order valence-corrected chi connectivity index (χ3v) is 5.80. The van der Waals surface area contributed by atoms with Crippen molar-refractivity contribution in [3.05, 3.63) is 82.8 Å². The minimum absolute atomic E-state index is 0.0886. The fraction of sp³-hybridized carbons (Fsp3) is 0.269. The normalized spacial score (nSPS) is 15.8. The van der Waals surface area contributed by atoms with Crippen molar-refractivity contribution in [1.29, 1.82) is 0 Å². The van der Waals surface area contributed by atoms with E-state index in [1.54, 1.807) is 12.3 Å². The maximum Gasteiger partial charge on any atom is 0.370 e. The minimum Gasteiger partial charge on any atom is -0.465 e. The Labute approximate surface area is 188 Å². The molecule has 2 heterocycles. The van der Waals surface area contributed by atoms with Gasteiger partial charge < -0.3 is 4.74 Å². The molecule has 6 heteroatoms. The molecule has 163 valence electrons. The van der Waals surface area contributed by atoms with E-state index in [-0.39, 0.29) is 11.9 Å². The van der Waals surface area contributed by atoms with E-state index in [0.717, 1.165) is 52.9 Å². The second-order valence-electron chi connectivity index (χ2n) is 7.95. The van der Waals surface area contributed by atoms with Gasteiger partial charge >= 0.3 is 11.9 Å². The van der Waals surface area contributed by atoms with Crippen molar-refractivity contribution in [1.82, 2.24) is 10.2 Å². The fourth-order valence-corrected chi connectivity index (χ4v) is 4.13. The number of methoxy groups -OCH3 is 1. The number of unbranched alkanes of at least 4 members (excludes halogenated alkanes) is 1. The summed E-state index contributed by atoms with van der Waals surface area (Å²) in [6.07, 6.45) is 5.20. The predicted octanol–water partition coefficient (Wildman–Crippen LogP) is 4.63.